The first-order chi connectivity index (χ1) is 18.1. The van der Waals surface area contributed by atoms with Crippen LogP contribution in [-0.4, -0.2) is 39.3 Å². The number of aromatic nitrogens is 2. The second-order valence-corrected chi connectivity index (χ2v) is 11.1. The average molecular weight is 606 g/mol. The number of nitrogens with zero attached hydrogens (tertiary/aromatic N) is 4. The van der Waals surface area contributed by atoms with E-state index in [0.717, 1.165) is 30.9 Å². The van der Waals surface area contributed by atoms with Crippen molar-refractivity contribution < 1.29 is 30.8 Å². The van der Waals surface area contributed by atoms with Crippen molar-refractivity contribution >= 4 is 50.1 Å². The lowest BCUT2D eigenvalue weighted by Crippen LogP contribution is -2.41. The van der Waals surface area contributed by atoms with Gasteiger partial charge >= 0.3 is 11.9 Å². The third-order valence-electron chi connectivity index (χ3n) is 5.53. The number of amides is 1. The van der Waals surface area contributed by atoms with E-state index in [4.69, 9.17) is 16.7 Å². The summed E-state index contributed by atoms with van der Waals surface area (Å²) in [6.07, 6.45) is -5.00. The van der Waals surface area contributed by atoms with Crippen LogP contribution in [0.15, 0.2) is 61.9 Å². The van der Waals surface area contributed by atoms with E-state index in [0.29, 0.717) is 5.56 Å². The zero-order valence-corrected chi connectivity index (χ0v) is 22.0. The molecule has 0 spiro atoms. The summed E-state index contributed by atoms with van der Waals surface area (Å²) in [6, 6.07) is 7.23. The molecule has 0 aliphatic carbocycles. The van der Waals surface area contributed by atoms with Crippen LogP contribution in [-0.2, 0) is 34.6 Å². The first kappa shape index (κ1) is 28.5. The van der Waals surface area contributed by atoms with Gasteiger partial charge in [-0.15, -0.1) is 0 Å². The highest BCUT2D eigenvalue weighted by molar-refractivity contribution is 8.15. The molecule has 2 N–H and O–H groups in total. The van der Waals surface area contributed by atoms with Crippen LogP contribution in [0.3, 0.4) is 0 Å². The van der Waals surface area contributed by atoms with E-state index in [1.807, 2.05) is 0 Å². The summed E-state index contributed by atoms with van der Waals surface area (Å²) in [7, 11) is -3.14. The molecule has 1 saturated heterocycles. The fraction of sp³-hybridized carbons (Fsp3) is 0.182. The number of rotatable bonds is 5. The van der Waals surface area contributed by atoms with Gasteiger partial charge in [0.15, 0.2) is 5.17 Å². The molecule has 206 valence electrons. The fourth-order valence-corrected chi connectivity index (χ4v) is 5.21. The van der Waals surface area contributed by atoms with Crippen molar-refractivity contribution in [3.63, 3.8) is 0 Å². The minimum atomic E-state index is -5.00. The molecule has 2 aromatic carbocycles. The van der Waals surface area contributed by atoms with Gasteiger partial charge in [0.2, 0.25) is 15.9 Å². The molecule has 0 atom stereocenters. The lowest BCUT2D eigenvalue weighted by molar-refractivity contribution is -0.144. The maximum atomic E-state index is 14.8. The first-order valence-electron chi connectivity index (χ1n) is 10.6. The second kappa shape index (κ2) is 10.3. The largest absolute Gasteiger partial charge is 0.431 e. The van der Waals surface area contributed by atoms with E-state index in [-0.39, 0.29) is 54.2 Å². The van der Waals surface area contributed by atoms with Crippen molar-refractivity contribution in [3.05, 3.63) is 85.4 Å². The Balaban J connectivity index is 1.75. The zero-order chi connectivity index (χ0) is 28.9. The maximum Gasteiger partial charge on any atom is 0.431 e. The SMILES string of the molecule is Cn1c(C(F)(F)F)cc(=O)n(-c2cc(/N=C3\SCC(=O)N3Cc3ccc(S(N)(=O)=O)cc3)c(Cl)cc2F)c1=O. The van der Waals surface area contributed by atoms with Gasteiger partial charge in [-0.25, -0.2) is 32.3 Å². The number of thioether (sulfide) groups is 1. The van der Waals surface area contributed by atoms with Gasteiger partial charge in [-0.2, -0.15) is 13.2 Å². The second-order valence-electron chi connectivity index (χ2n) is 8.15. The van der Waals surface area contributed by atoms with Crippen LogP contribution >= 0.6 is 23.4 Å². The third kappa shape index (κ3) is 5.78. The summed E-state index contributed by atoms with van der Waals surface area (Å²) in [4.78, 5) is 43.0. The number of carbonyl (C=O) groups is 1. The molecule has 0 bridgehead atoms. The van der Waals surface area contributed by atoms with E-state index >= 15 is 0 Å². The van der Waals surface area contributed by atoms with E-state index in [1.54, 1.807) is 0 Å². The summed E-state index contributed by atoms with van der Waals surface area (Å²) in [5, 5.41) is 4.93. The Morgan fingerprint density at radius 2 is 1.74 bits per heavy atom. The number of benzene rings is 2. The number of nitrogens with two attached hydrogens (primary N) is 1. The summed E-state index contributed by atoms with van der Waals surface area (Å²) < 4.78 is 77.6. The molecule has 1 aliphatic rings. The highest BCUT2D eigenvalue weighted by Gasteiger charge is 2.35. The number of halogens is 5. The number of amidine groups is 1. The van der Waals surface area contributed by atoms with E-state index in [9.17, 15) is 40.4 Å². The van der Waals surface area contributed by atoms with Crippen LogP contribution in [0.1, 0.15) is 11.3 Å². The highest BCUT2D eigenvalue weighted by Crippen LogP contribution is 2.33. The predicted molar refractivity (Wildman–Crippen MR) is 135 cm³/mol. The molecule has 17 heteroatoms. The molecule has 10 nitrogen and oxygen atoms in total. The Kier molecular flexibility index (Phi) is 7.50. The first-order valence-corrected chi connectivity index (χ1v) is 13.5. The normalized spacial score (nSPS) is 15.4. The van der Waals surface area contributed by atoms with Crippen LogP contribution < -0.4 is 16.4 Å². The molecule has 3 aromatic rings. The van der Waals surface area contributed by atoms with Gasteiger partial charge in [-0.3, -0.25) is 19.1 Å². The lowest BCUT2D eigenvalue weighted by Gasteiger charge is -2.17. The minimum absolute atomic E-state index is 0.0152. The van der Waals surface area contributed by atoms with Crippen molar-refractivity contribution in [2.24, 2.45) is 17.2 Å². The van der Waals surface area contributed by atoms with Gasteiger partial charge in [0.25, 0.3) is 5.56 Å². The molecule has 2 heterocycles. The van der Waals surface area contributed by atoms with E-state index < -0.39 is 44.6 Å². The maximum absolute atomic E-state index is 14.8. The smallest absolute Gasteiger partial charge is 0.292 e. The molecular weight excluding hydrogens is 590 g/mol. The third-order valence-corrected chi connectivity index (χ3v) is 7.73. The van der Waals surface area contributed by atoms with Crippen molar-refractivity contribution in [3.8, 4) is 5.69 Å². The fourth-order valence-electron chi connectivity index (χ4n) is 3.61. The molecule has 0 saturated carbocycles. The van der Waals surface area contributed by atoms with Gasteiger partial charge < -0.3 is 0 Å². The van der Waals surface area contributed by atoms with Gasteiger partial charge in [0, 0.05) is 13.1 Å². The number of alkyl halides is 3. The van der Waals surface area contributed by atoms with Crippen molar-refractivity contribution in [1.29, 1.82) is 0 Å². The molecule has 1 fully saturated rings. The Morgan fingerprint density at radius 3 is 2.33 bits per heavy atom. The summed E-state index contributed by atoms with van der Waals surface area (Å²) >= 11 is 7.13. The predicted octanol–water partition coefficient (Wildman–Crippen LogP) is 2.76. The summed E-state index contributed by atoms with van der Waals surface area (Å²) in [6.45, 7) is -0.0276. The molecule has 1 aromatic heterocycles. The molecule has 4 rings (SSSR count). The van der Waals surface area contributed by atoms with Crippen molar-refractivity contribution in [1.82, 2.24) is 14.0 Å². The number of hydrogen-bond donors (Lipinski definition) is 1. The Hall–Kier alpha value is -3.47. The standard InChI is InChI=1S/C22H16ClF4N5O5S2/c1-30-17(22(25,26)27)8-18(33)32(21(30)35)16-7-15(13(23)6-14(16)24)29-20-31(19(34)10-38-20)9-11-2-4-12(5-3-11)39(28,36)37/h2-8H,9-10H2,1H3,(H2,28,36,37)/b29-20-. The minimum Gasteiger partial charge on any atom is -0.292 e. The van der Waals surface area contributed by atoms with E-state index in [2.05, 4.69) is 4.99 Å². The number of aliphatic imine (C=N–C) groups is 1. The Labute approximate surface area is 226 Å². The van der Waals surface area contributed by atoms with E-state index in [1.165, 1.54) is 29.2 Å². The van der Waals surface area contributed by atoms with Crippen molar-refractivity contribution in [2.45, 2.75) is 17.6 Å². The molecule has 1 aliphatic heterocycles. The van der Waals surface area contributed by atoms with Crippen LogP contribution in [0.5, 0.6) is 0 Å². The summed E-state index contributed by atoms with van der Waals surface area (Å²) in [5.41, 5.74) is -4.75. The summed E-state index contributed by atoms with van der Waals surface area (Å²) in [5.74, 6) is -1.55. The molecule has 1 amide bonds. The Morgan fingerprint density at radius 1 is 1.10 bits per heavy atom. The number of hydrogen-bond acceptors (Lipinski definition) is 7. The lowest BCUT2D eigenvalue weighted by atomic mass is 10.2. The molecule has 0 unspecified atom stereocenters. The van der Waals surface area contributed by atoms with Gasteiger partial charge in [-0.1, -0.05) is 35.5 Å². The van der Waals surface area contributed by atoms with Crippen molar-refractivity contribution in [2.75, 3.05) is 5.75 Å². The van der Waals surface area contributed by atoms with Crippen LogP contribution in [0.25, 0.3) is 5.69 Å². The van der Waals surface area contributed by atoms with Crippen LogP contribution in [0.4, 0.5) is 23.2 Å². The van der Waals surface area contributed by atoms with Crippen LogP contribution in [0.2, 0.25) is 5.02 Å². The molecular formula is C22H16ClF4N5O5S2. The number of primary sulfonamides is 1. The van der Waals surface area contributed by atoms with Gasteiger partial charge in [0.05, 0.1) is 33.6 Å². The quantitative estimate of drug-likeness (QED) is 0.444. The molecule has 0 radical (unpaired) electrons. The monoisotopic (exact) mass is 605 g/mol. The highest BCUT2D eigenvalue weighted by atomic mass is 35.5. The molecule has 39 heavy (non-hydrogen) atoms. The van der Waals surface area contributed by atoms with Crippen LogP contribution in [0, 0.1) is 5.82 Å². The Bertz CT molecular complexity index is 1750. The zero-order valence-electron chi connectivity index (χ0n) is 19.6. The average Bonchev–Trinajstić information content (AvgIpc) is 3.17. The number of carbonyl (C=O) groups excluding carboxylic acids is 1. The van der Waals surface area contributed by atoms with Gasteiger partial charge in [0.1, 0.15) is 11.5 Å². The number of sulfonamides is 1. The van der Waals surface area contributed by atoms with Gasteiger partial charge in [-0.05, 0) is 29.8 Å². The topological polar surface area (TPSA) is 137 Å².